The number of fused-ring (bicyclic) bond motifs is 1. The van der Waals surface area contributed by atoms with E-state index in [-0.39, 0.29) is 36.1 Å². The van der Waals surface area contributed by atoms with Crippen molar-refractivity contribution < 1.29 is 18.7 Å². The SMILES string of the molecule is CC(C)C(=O)N1CCc2ccc(OCc3nc(C(=O)NCC4CC4)co3)cc2C1c1ccccc1. The Bertz CT molecular complexity index is 1200. The van der Waals surface area contributed by atoms with Crippen molar-refractivity contribution in [3.8, 4) is 5.75 Å². The second-order valence-electron chi connectivity index (χ2n) is 9.68. The summed E-state index contributed by atoms with van der Waals surface area (Å²) in [6.45, 7) is 5.36. The van der Waals surface area contributed by atoms with Gasteiger partial charge in [-0.2, -0.15) is 0 Å². The molecule has 1 N–H and O–H groups in total. The number of benzene rings is 2. The molecule has 7 nitrogen and oxygen atoms in total. The van der Waals surface area contributed by atoms with Crippen molar-refractivity contribution in [2.24, 2.45) is 11.8 Å². The number of carbonyl (C=O) groups is 2. The molecule has 1 aliphatic heterocycles. The van der Waals surface area contributed by atoms with Crippen LogP contribution >= 0.6 is 0 Å². The molecule has 2 amide bonds. The molecule has 1 unspecified atom stereocenters. The minimum absolute atomic E-state index is 0.0807. The second-order valence-corrected chi connectivity index (χ2v) is 9.68. The third-order valence-corrected chi connectivity index (χ3v) is 6.63. The van der Waals surface area contributed by atoms with Crippen LogP contribution in [0.5, 0.6) is 5.75 Å². The number of nitrogens with one attached hydrogen (secondary N) is 1. The predicted molar refractivity (Wildman–Crippen MR) is 131 cm³/mol. The lowest BCUT2D eigenvalue weighted by molar-refractivity contribution is -0.136. The average molecular weight is 474 g/mol. The van der Waals surface area contributed by atoms with Crippen LogP contribution in [0.3, 0.4) is 0 Å². The standard InChI is InChI=1S/C28H31N3O4/c1-18(2)28(33)31-13-12-20-10-11-22(14-23(20)26(31)21-6-4-3-5-7-21)34-17-25-30-24(16-35-25)27(32)29-15-19-8-9-19/h3-7,10-11,14,16,18-19,26H,8-9,12-13,15,17H2,1-2H3,(H,29,32). The van der Waals surface area contributed by atoms with Gasteiger partial charge in [-0.25, -0.2) is 4.98 Å². The number of hydrogen-bond acceptors (Lipinski definition) is 5. The highest BCUT2D eigenvalue weighted by atomic mass is 16.5. The Hall–Kier alpha value is -3.61. The molecule has 2 aliphatic rings. The Kier molecular flexibility index (Phi) is 6.57. The molecule has 1 fully saturated rings. The monoisotopic (exact) mass is 473 g/mol. The van der Waals surface area contributed by atoms with Gasteiger partial charge >= 0.3 is 0 Å². The highest BCUT2D eigenvalue weighted by Crippen LogP contribution is 2.38. The predicted octanol–water partition coefficient (Wildman–Crippen LogP) is 4.52. The topological polar surface area (TPSA) is 84.7 Å². The smallest absolute Gasteiger partial charge is 0.273 e. The molecule has 2 aromatic carbocycles. The molecule has 3 aromatic rings. The lowest BCUT2D eigenvalue weighted by Gasteiger charge is -2.39. The molecular formula is C28H31N3O4. The highest BCUT2D eigenvalue weighted by molar-refractivity contribution is 5.91. The van der Waals surface area contributed by atoms with Gasteiger partial charge < -0.3 is 19.4 Å². The van der Waals surface area contributed by atoms with Gasteiger partial charge in [0.25, 0.3) is 5.91 Å². The van der Waals surface area contributed by atoms with Crippen LogP contribution in [-0.2, 0) is 17.8 Å². The molecule has 2 heterocycles. The number of amides is 2. The van der Waals surface area contributed by atoms with E-state index in [0.717, 1.165) is 17.5 Å². The van der Waals surface area contributed by atoms with E-state index in [4.69, 9.17) is 9.15 Å². The first-order chi connectivity index (χ1) is 17.0. The van der Waals surface area contributed by atoms with E-state index >= 15 is 0 Å². The third-order valence-electron chi connectivity index (χ3n) is 6.63. The average Bonchev–Trinajstić information content (AvgIpc) is 3.59. The van der Waals surface area contributed by atoms with Crippen molar-refractivity contribution in [2.75, 3.05) is 13.1 Å². The van der Waals surface area contributed by atoms with E-state index in [1.807, 2.05) is 49.1 Å². The van der Waals surface area contributed by atoms with Crippen LogP contribution in [0.15, 0.2) is 59.2 Å². The maximum absolute atomic E-state index is 13.1. The summed E-state index contributed by atoms with van der Waals surface area (Å²) in [7, 11) is 0. The number of nitrogens with zero attached hydrogens (tertiary/aromatic N) is 2. The molecule has 5 rings (SSSR count). The maximum Gasteiger partial charge on any atom is 0.273 e. The molecular weight excluding hydrogens is 442 g/mol. The summed E-state index contributed by atoms with van der Waals surface area (Å²) in [5.74, 6) is 1.45. The Labute approximate surface area is 205 Å². The van der Waals surface area contributed by atoms with E-state index in [2.05, 4.69) is 28.5 Å². The second kappa shape index (κ2) is 9.94. The molecule has 7 heteroatoms. The van der Waals surface area contributed by atoms with Crippen molar-refractivity contribution in [3.05, 3.63) is 83.1 Å². The summed E-state index contributed by atoms with van der Waals surface area (Å²) in [5, 5.41) is 2.89. The van der Waals surface area contributed by atoms with Crippen LogP contribution in [0.2, 0.25) is 0 Å². The normalized spacial score (nSPS) is 17.2. The fourth-order valence-corrected chi connectivity index (χ4v) is 4.52. The first-order valence-corrected chi connectivity index (χ1v) is 12.3. The quantitative estimate of drug-likeness (QED) is 0.520. The number of rotatable bonds is 8. The largest absolute Gasteiger partial charge is 0.484 e. The zero-order valence-corrected chi connectivity index (χ0v) is 20.2. The zero-order chi connectivity index (χ0) is 24.4. The van der Waals surface area contributed by atoms with E-state index in [1.165, 1.54) is 24.7 Å². The Balaban J connectivity index is 1.33. The van der Waals surface area contributed by atoms with Crippen molar-refractivity contribution in [1.82, 2.24) is 15.2 Å². The van der Waals surface area contributed by atoms with E-state index < -0.39 is 0 Å². The van der Waals surface area contributed by atoms with Crippen molar-refractivity contribution in [2.45, 2.75) is 45.8 Å². The molecule has 0 spiro atoms. The van der Waals surface area contributed by atoms with Crippen LogP contribution in [-0.4, -0.2) is 34.8 Å². The number of oxazole rings is 1. The van der Waals surface area contributed by atoms with Gasteiger partial charge in [-0.15, -0.1) is 0 Å². The van der Waals surface area contributed by atoms with E-state index in [0.29, 0.717) is 30.6 Å². The Morgan fingerprint density at radius 1 is 1.17 bits per heavy atom. The van der Waals surface area contributed by atoms with Gasteiger partial charge in [0.05, 0.1) is 6.04 Å². The molecule has 1 aliphatic carbocycles. The summed E-state index contributed by atoms with van der Waals surface area (Å²) >= 11 is 0. The van der Waals surface area contributed by atoms with Crippen LogP contribution in [0.25, 0.3) is 0 Å². The van der Waals surface area contributed by atoms with E-state index in [1.54, 1.807) is 0 Å². The number of aromatic nitrogens is 1. The number of carbonyl (C=O) groups excluding carboxylic acids is 2. The van der Waals surface area contributed by atoms with Gasteiger partial charge in [0.1, 0.15) is 12.0 Å². The highest BCUT2D eigenvalue weighted by Gasteiger charge is 2.33. The molecule has 35 heavy (non-hydrogen) atoms. The Morgan fingerprint density at radius 2 is 1.97 bits per heavy atom. The fraction of sp³-hybridized carbons (Fsp3) is 0.393. The molecule has 0 bridgehead atoms. The van der Waals surface area contributed by atoms with Crippen molar-refractivity contribution in [3.63, 3.8) is 0 Å². The first-order valence-electron chi connectivity index (χ1n) is 12.3. The summed E-state index contributed by atoms with van der Waals surface area (Å²) < 4.78 is 11.5. The van der Waals surface area contributed by atoms with Crippen LogP contribution in [0, 0.1) is 11.8 Å². The Morgan fingerprint density at radius 3 is 2.71 bits per heavy atom. The summed E-state index contributed by atoms with van der Waals surface area (Å²) in [4.78, 5) is 31.5. The minimum atomic E-state index is -0.221. The van der Waals surface area contributed by atoms with Gasteiger partial charge in [-0.05, 0) is 54.0 Å². The molecule has 1 aromatic heterocycles. The minimum Gasteiger partial charge on any atom is -0.484 e. The van der Waals surface area contributed by atoms with Crippen LogP contribution < -0.4 is 10.1 Å². The van der Waals surface area contributed by atoms with Crippen molar-refractivity contribution in [1.29, 1.82) is 0 Å². The molecule has 1 saturated carbocycles. The van der Waals surface area contributed by atoms with Gasteiger partial charge in [-0.3, -0.25) is 9.59 Å². The van der Waals surface area contributed by atoms with Gasteiger partial charge in [-0.1, -0.05) is 50.2 Å². The number of hydrogen-bond donors (Lipinski definition) is 1. The maximum atomic E-state index is 13.1. The first kappa shape index (κ1) is 23.1. The molecule has 182 valence electrons. The lowest BCUT2D eigenvalue weighted by Crippen LogP contribution is -2.42. The summed E-state index contributed by atoms with van der Waals surface area (Å²) in [6.07, 6.45) is 4.52. The number of ether oxygens (including phenoxy) is 1. The van der Waals surface area contributed by atoms with Crippen LogP contribution in [0.1, 0.15) is 65.8 Å². The van der Waals surface area contributed by atoms with Gasteiger partial charge in [0, 0.05) is 19.0 Å². The van der Waals surface area contributed by atoms with Crippen molar-refractivity contribution >= 4 is 11.8 Å². The zero-order valence-electron chi connectivity index (χ0n) is 20.2. The summed E-state index contributed by atoms with van der Waals surface area (Å²) in [6, 6.07) is 16.0. The summed E-state index contributed by atoms with van der Waals surface area (Å²) in [5.41, 5.74) is 3.63. The van der Waals surface area contributed by atoms with E-state index in [9.17, 15) is 9.59 Å². The fourth-order valence-electron chi connectivity index (χ4n) is 4.52. The molecule has 0 saturated heterocycles. The molecule has 0 radical (unpaired) electrons. The van der Waals surface area contributed by atoms with Crippen LogP contribution in [0.4, 0.5) is 0 Å². The van der Waals surface area contributed by atoms with Gasteiger partial charge in [0.2, 0.25) is 11.8 Å². The molecule has 1 atom stereocenters. The van der Waals surface area contributed by atoms with Gasteiger partial charge in [0.15, 0.2) is 12.3 Å². The third kappa shape index (κ3) is 5.24. The lowest BCUT2D eigenvalue weighted by atomic mass is 9.87.